The predicted octanol–water partition coefficient (Wildman–Crippen LogP) is 3.02. The minimum absolute atomic E-state index is 0.137. The van der Waals surface area contributed by atoms with Gasteiger partial charge in [0.25, 0.3) is 0 Å². The first-order chi connectivity index (χ1) is 13.7. The zero-order chi connectivity index (χ0) is 19.3. The number of hydrogen-bond acceptors (Lipinski definition) is 6. The van der Waals surface area contributed by atoms with Gasteiger partial charge in [0.15, 0.2) is 0 Å². The van der Waals surface area contributed by atoms with Gasteiger partial charge in [0.1, 0.15) is 0 Å². The van der Waals surface area contributed by atoms with Crippen molar-refractivity contribution in [2.24, 2.45) is 0 Å². The van der Waals surface area contributed by atoms with Crippen LogP contribution in [-0.2, 0) is 17.7 Å². The van der Waals surface area contributed by atoms with E-state index in [-0.39, 0.29) is 6.10 Å². The lowest BCUT2D eigenvalue weighted by Crippen LogP contribution is -2.48. The molecule has 2 unspecified atom stereocenters. The van der Waals surface area contributed by atoms with Gasteiger partial charge in [-0.3, -0.25) is 9.80 Å². The summed E-state index contributed by atoms with van der Waals surface area (Å²) in [4.78, 5) is 9.37. The van der Waals surface area contributed by atoms with E-state index in [0.717, 1.165) is 57.0 Å². The maximum Gasteiger partial charge on any atom is 0.0900 e. The van der Waals surface area contributed by atoms with Crippen molar-refractivity contribution in [3.05, 3.63) is 51.5 Å². The van der Waals surface area contributed by atoms with E-state index >= 15 is 0 Å². The molecule has 28 heavy (non-hydrogen) atoms. The Morgan fingerprint density at radius 1 is 1.21 bits per heavy atom. The Bertz CT molecular complexity index is 758. The molecule has 4 rings (SSSR count). The van der Waals surface area contributed by atoms with Gasteiger partial charge < -0.3 is 9.84 Å². The second-order valence-electron chi connectivity index (χ2n) is 8.00. The number of aliphatic hydroxyl groups is 1. The molecular weight excluding hydrogens is 370 g/mol. The van der Waals surface area contributed by atoms with Crippen molar-refractivity contribution in [3.63, 3.8) is 0 Å². The van der Waals surface area contributed by atoms with E-state index in [1.807, 2.05) is 0 Å². The highest BCUT2D eigenvalue weighted by atomic mass is 32.1. The highest BCUT2D eigenvalue weighted by Gasteiger charge is 2.23. The summed E-state index contributed by atoms with van der Waals surface area (Å²) in [5, 5.41) is 13.8. The average molecular weight is 402 g/mol. The van der Waals surface area contributed by atoms with Gasteiger partial charge in [-0.25, -0.2) is 4.98 Å². The third kappa shape index (κ3) is 5.19. The number of piperazine rings is 1. The van der Waals surface area contributed by atoms with Gasteiger partial charge in [-0.05, 0) is 37.3 Å². The number of aromatic nitrogens is 1. The van der Waals surface area contributed by atoms with Crippen LogP contribution in [0.25, 0.3) is 0 Å². The van der Waals surface area contributed by atoms with Crippen molar-refractivity contribution in [3.8, 4) is 0 Å². The third-order valence-electron chi connectivity index (χ3n) is 5.79. The van der Waals surface area contributed by atoms with Gasteiger partial charge in [0, 0.05) is 44.6 Å². The van der Waals surface area contributed by atoms with Crippen LogP contribution >= 0.6 is 11.3 Å². The zero-order valence-corrected chi connectivity index (χ0v) is 17.5. The van der Waals surface area contributed by atoms with Gasteiger partial charge in [0.2, 0.25) is 0 Å². The standard InChI is InChI=1S/C22H31N3O2S/c1-17-23-19(16-28-17)13-24-9-11-25(12-10-24)14-20(26)15-27-22-8-4-6-18-5-2-3-7-21(18)22/h2-3,5,7,16,20,22,26H,4,6,8-15H2,1H3. The number of rotatable bonds is 7. The van der Waals surface area contributed by atoms with E-state index in [0.29, 0.717) is 13.2 Å². The Balaban J connectivity index is 1.19. The zero-order valence-electron chi connectivity index (χ0n) is 16.7. The number of fused-ring (bicyclic) bond motifs is 1. The van der Waals surface area contributed by atoms with Crippen LogP contribution < -0.4 is 0 Å². The molecule has 2 atom stereocenters. The Labute approximate surface area is 172 Å². The number of hydrogen-bond donors (Lipinski definition) is 1. The van der Waals surface area contributed by atoms with Crippen LogP contribution in [0.5, 0.6) is 0 Å². The summed E-state index contributed by atoms with van der Waals surface area (Å²) in [7, 11) is 0. The van der Waals surface area contributed by atoms with Crippen LogP contribution in [-0.4, -0.2) is 65.3 Å². The van der Waals surface area contributed by atoms with Crippen molar-refractivity contribution >= 4 is 11.3 Å². The largest absolute Gasteiger partial charge is 0.389 e. The molecule has 1 aliphatic carbocycles. The maximum absolute atomic E-state index is 10.5. The Kier molecular flexibility index (Phi) is 6.75. The number of aliphatic hydroxyl groups excluding tert-OH is 1. The SMILES string of the molecule is Cc1nc(CN2CCN(CC(O)COC3CCCc4ccccc43)CC2)cs1. The molecule has 1 aromatic carbocycles. The van der Waals surface area contributed by atoms with E-state index < -0.39 is 6.10 Å². The van der Waals surface area contributed by atoms with Crippen molar-refractivity contribution in [1.29, 1.82) is 0 Å². The molecule has 6 heteroatoms. The molecule has 0 saturated carbocycles. The maximum atomic E-state index is 10.5. The summed E-state index contributed by atoms with van der Waals surface area (Å²) in [6, 6.07) is 8.57. The number of aryl methyl sites for hydroxylation is 2. The molecule has 0 spiro atoms. The van der Waals surface area contributed by atoms with Crippen molar-refractivity contribution in [1.82, 2.24) is 14.8 Å². The highest BCUT2D eigenvalue weighted by molar-refractivity contribution is 7.09. The molecule has 1 aromatic heterocycles. The van der Waals surface area contributed by atoms with E-state index in [1.54, 1.807) is 11.3 Å². The van der Waals surface area contributed by atoms with Gasteiger partial charge in [-0.15, -0.1) is 11.3 Å². The topological polar surface area (TPSA) is 48.8 Å². The van der Waals surface area contributed by atoms with E-state index in [9.17, 15) is 5.11 Å². The number of thiazole rings is 1. The lowest BCUT2D eigenvalue weighted by molar-refractivity contribution is -0.0325. The molecule has 2 heterocycles. The molecule has 0 bridgehead atoms. The summed E-state index contributed by atoms with van der Waals surface area (Å²) in [5.41, 5.74) is 3.89. The molecule has 2 aromatic rings. The summed E-state index contributed by atoms with van der Waals surface area (Å²) in [6.07, 6.45) is 3.07. The van der Waals surface area contributed by atoms with Crippen LogP contribution in [0.2, 0.25) is 0 Å². The van der Waals surface area contributed by atoms with Crippen LogP contribution in [0.3, 0.4) is 0 Å². The summed E-state index contributed by atoms with van der Waals surface area (Å²) in [6.45, 7) is 8.14. The quantitative estimate of drug-likeness (QED) is 0.773. The Morgan fingerprint density at radius 2 is 2.00 bits per heavy atom. The fourth-order valence-electron chi connectivity index (χ4n) is 4.30. The first-order valence-electron chi connectivity index (χ1n) is 10.4. The normalized spacial score (nSPS) is 22.1. The van der Waals surface area contributed by atoms with Crippen LogP contribution in [0.15, 0.2) is 29.6 Å². The molecule has 152 valence electrons. The molecule has 2 aliphatic rings. The van der Waals surface area contributed by atoms with Gasteiger partial charge >= 0.3 is 0 Å². The van der Waals surface area contributed by atoms with Gasteiger partial charge in [-0.2, -0.15) is 0 Å². The average Bonchev–Trinajstić information content (AvgIpc) is 3.12. The smallest absolute Gasteiger partial charge is 0.0900 e. The fraction of sp³-hybridized carbons (Fsp3) is 0.591. The lowest BCUT2D eigenvalue weighted by Gasteiger charge is -2.35. The second kappa shape index (κ2) is 9.46. The molecule has 1 N–H and O–H groups in total. The highest BCUT2D eigenvalue weighted by Crippen LogP contribution is 2.32. The predicted molar refractivity (Wildman–Crippen MR) is 113 cm³/mol. The Morgan fingerprint density at radius 3 is 2.79 bits per heavy atom. The second-order valence-corrected chi connectivity index (χ2v) is 9.06. The third-order valence-corrected chi connectivity index (χ3v) is 6.61. The molecule has 5 nitrogen and oxygen atoms in total. The molecule has 0 amide bonds. The monoisotopic (exact) mass is 401 g/mol. The van der Waals surface area contributed by atoms with Crippen molar-refractivity contribution in [2.75, 3.05) is 39.3 Å². The number of β-amino-alcohol motifs (C(OH)–C–C–N with tert-alkyl or cyclic N) is 1. The molecule has 1 fully saturated rings. The summed E-state index contributed by atoms with van der Waals surface area (Å²) >= 11 is 1.72. The molecule has 1 saturated heterocycles. The van der Waals surface area contributed by atoms with Gasteiger partial charge in [0.05, 0.1) is 29.5 Å². The van der Waals surface area contributed by atoms with Crippen molar-refractivity contribution < 1.29 is 9.84 Å². The number of nitrogens with zero attached hydrogens (tertiary/aromatic N) is 3. The van der Waals surface area contributed by atoms with E-state index in [4.69, 9.17) is 4.74 Å². The Hall–Kier alpha value is -1.31. The van der Waals surface area contributed by atoms with Crippen LogP contribution in [0.4, 0.5) is 0 Å². The van der Waals surface area contributed by atoms with E-state index in [2.05, 4.69) is 51.4 Å². The lowest BCUT2D eigenvalue weighted by atomic mass is 9.89. The first kappa shape index (κ1) is 20.0. The van der Waals surface area contributed by atoms with Crippen LogP contribution in [0, 0.1) is 6.92 Å². The molecular formula is C22H31N3O2S. The fourth-order valence-corrected chi connectivity index (χ4v) is 4.90. The minimum Gasteiger partial charge on any atom is -0.389 e. The van der Waals surface area contributed by atoms with Gasteiger partial charge in [-0.1, -0.05) is 24.3 Å². The van der Waals surface area contributed by atoms with Crippen LogP contribution in [0.1, 0.15) is 40.8 Å². The number of ether oxygens (including phenoxy) is 1. The number of benzene rings is 1. The van der Waals surface area contributed by atoms with E-state index in [1.165, 1.54) is 16.8 Å². The minimum atomic E-state index is -0.429. The summed E-state index contributed by atoms with van der Waals surface area (Å²) in [5.74, 6) is 0. The molecule has 1 aliphatic heterocycles. The van der Waals surface area contributed by atoms with Crippen molar-refractivity contribution in [2.45, 2.75) is 44.9 Å². The molecule has 0 radical (unpaired) electrons. The first-order valence-corrected chi connectivity index (χ1v) is 11.3. The summed E-state index contributed by atoms with van der Waals surface area (Å²) < 4.78 is 6.12.